The first kappa shape index (κ1) is 9.54. The second-order valence-electron chi connectivity index (χ2n) is 2.46. The van der Waals surface area contributed by atoms with Gasteiger partial charge in [0.2, 0.25) is 0 Å². The molecule has 0 aliphatic rings. The number of ether oxygens (including phenoxy) is 1. The number of hydrogen-bond acceptors (Lipinski definition) is 3. The largest absolute Gasteiger partial charge is 0.429 e. The van der Waals surface area contributed by atoms with Crippen molar-refractivity contribution in [3.8, 4) is 5.75 Å². The molecule has 0 unspecified atom stereocenters. The number of rotatable bonds is 2. The Kier molecular flexibility index (Phi) is 3.28. The Morgan fingerprint density at radius 3 is 2.54 bits per heavy atom. The smallest absolute Gasteiger partial charge is 0.409 e. The summed E-state index contributed by atoms with van der Waals surface area (Å²) in [5, 5.41) is 1.26. The highest BCUT2D eigenvalue weighted by molar-refractivity contribution is 5.69. The summed E-state index contributed by atoms with van der Waals surface area (Å²) in [6.45, 7) is 0. The molecule has 0 fully saturated rings. The number of carbonyl (C=O) groups excluding carboxylic acids is 1. The molecule has 0 aromatic heterocycles. The van der Waals surface area contributed by atoms with E-state index in [-0.39, 0.29) is 0 Å². The monoisotopic (exact) mass is 180 g/mol. The zero-order valence-electron chi connectivity index (χ0n) is 7.65. The van der Waals surface area contributed by atoms with Crippen molar-refractivity contribution in [1.82, 2.24) is 10.4 Å². The second-order valence-corrected chi connectivity index (χ2v) is 2.46. The van der Waals surface area contributed by atoms with Crippen molar-refractivity contribution >= 4 is 6.09 Å². The predicted octanol–water partition coefficient (Wildman–Crippen LogP) is 1.25. The van der Waals surface area contributed by atoms with Crippen molar-refractivity contribution in [3.05, 3.63) is 30.3 Å². The van der Waals surface area contributed by atoms with Crippen LogP contribution in [0.15, 0.2) is 30.3 Å². The lowest BCUT2D eigenvalue weighted by Crippen LogP contribution is -2.38. The van der Waals surface area contributed by atoms with Gasteiger partial charge in [-0.3, -0.25) is 0 Å². The molecule has 1 aromatic rings. The maximum absolute atomic E-state index is 11.2. The fourth-order valence-electron chi connectivity index (χ4n) is 0.749. The summed E-state index contributed by atoms with van der Waals surface area (Å²) in [5.74, 6) is 0.537. The van der Waals surface area contributed by atoms with Gasteiger partial charge in [0.1, 0.15) is 5.75 Å². The van der Waals surface area contributed by atoms with E-state index < -0.39 is 6.09 Å². The summed E-state index contributed by atoms with van der Waals surface area (Å²) >= 11 is 0. The van der Waals surface area contributed by atoms with Gasteiger partial charge >= 0.3 is 6.09 Å². The molecule has 1 aromatic carbocycles. The highest BCUT2D eigenvalue weighted by atomic mass is 16.6. The molecular formula is C9H12N2O2. The number of amides is 1. The standard InChI is InChI=1S/C9H12N2O2/c1-10-11(2)9(12)13-8-6-4-3-5-7-8/h3-7,10H,1-2H3. The Balaban J connectivity index is 2.55. The van der Waals surface area contributed by atoms with E-state index in [2.05, 4.69) is 5.43 Å². The van der Waals surface area contributed by atoms with Gasteiger partial charge in [0, 0.05) is 14.1 Å². The highest BCUT2D eigenvalue weighted by Crippen LogP contribution is 2.08. The van der Waals surface area contributed by atoms with Gasteiger partial charge in [-0.15, -0.1) is 0 Å². The lowest BCUT2D eigenvalue weighted by molar-refractivity contribution is 0.147. The van der Waals surface area contributed by atoms with E-state index >= 15 is 0 Å². The predicted molar refractivity (Wildman–Crippen MR) is 49.3 cm³/mol. The molecular weight excluding hydrogens is 168 g/mol. The minimum atomic E-state index is -0.436. The van der Waals surface area contributed by atoms with Crippen LogP contribution in [0.5, 0.6) is 5.75 Å². The lowest BCUT2D eigenvalue weighted by atomic mass is 10.3. The van der Waals surface area contributed by atoms with Crippen LogP contribution in [-0.2, 0) is 0 Å². The van der Waals surface area contributed by atoms with Crippen LogP contribution in [0.25, 0.3) is 0 Å². The molecule has 0 spiro atoms. The SMILES string of the molecule is CNN(C)C(=O)Oc1ccccc1. The Morgan fingerprint density at radius 2 is 2.00 bits per heavy atom. The average Bonchev–Trinajstić information content (AvgIpc) is 2.18. The molecule has 0 aliphatic heterocycles. The van der Waals surface area contributed by atoms with Crippen molar-refractivity contribution in [2.24, 2.45) is 0 Å². The fraction of sp³-hybridized carbons (Fsp3) is 0.222. The van der Waals surface area contributed by atoms with Crippen LogP contribution in [0.2, 0.25) is 0 Å². The molecule has 1 N–H and O–H groups in total. The molecule has 0 aliphatic carbocycles. The van der Waals surface area contributed by atoms with E-state index in [0.717, 1.165) is 0 Å². The molecule has 1 amide bonds. The summed E-state index contributed by atoms with van der Waals surface area (Å²) < 4.78 is 4.99. The van der Waals surface area contributed by atoms with Crippen molar-refractivity contribution in [1.29, 1.82) is 0 Å². The number of hydrogen-bond donors (Lipinski definition) is 1. The van der Waals surface area contributed by atoms with Gasteiger partial charge in [0.05, 0.1) is 0 Å². The van der Waals surface area contributed by atoms with Crippen molar-refractivity contribution in [3.63, 3.8) is 0 Å². The van der Waals surface area contributed by atoms with E-state index in [1.165, 1.54) is 5.01 Å². The van der Waals surface area contributed by atoms with Gasteiger partial charge in [-0.25, -0.2) is 15.2 Å². The molecule has 4 nitrogen and oxygen atoms in total. The summed E-state index contributed by atoms with van der Waals surface area (Å²) in [7, 11) is 3.23. The van der Waals surface area contributed by atoms with Gasteiger partial charge in [-0.1, -0.05) is 18.2 Å². The summed E-state index contributed by atoms with van der Waals surface area (Å²) in [6, 6.07) is 8.92. The molecule has 0 saturated carbocycles. The van der Waals surface area contributed by atoms with Gasteiger partial charge < -0.3 is 4.74 Å². The lowest BCUT2D eigenvalue weighted by Gasteiger charge is -2.14. The number of nitrogens with zero attached hydrogens (tertiary/aromatic N) is 1. The minimum absolute atomic E-state index is 0.436. The van der Waals surface area contributed by atoms with E-state index in [0.29, 0.717) is 5.75 Å². The number of hydrazine groups is 1. The fourth-order valence-corrected chi connectivity index (χ4v) is 0.749. The van der Waals surface area contributed by atoms with Crippen LogP contribution in [0, 0.1) is 0 Å². The first-order valence-corrected chi connectivity index (χ1v) is 3.92. The van der Waals surface area contributed by atoms with Crippen LogP contribution in [0.3, 0.4) is 0 Å². The first-order valence-electron chi connectivity index (χ1n) is 3.92. The molecule has 0 radical (unpaired) electrons. The van der Waals surface area contributed by atoms with E-state index in [1.54, 1.807) is 26.2 Å². The van der Waals surface area contributed by atoms with Gasteiger partial charge in [-0.2, -0.15) is 0 Å². The summed E-state index contributed by atoms with van der Waals surface area (Å²) in [4.78, 5) is 11.2. The Bertz CT molecular complexity index is 274. The van der Waals surface area contributed by atoms with Gasteiger partial charge in [0.15, 0.2) is 0 Å². The first-order chi connectivity index (χ1) is 6.24. The third-order valence-corrected chi connectivity index (χ3v) is 1.56. The molecule has 0 bridgehead atoms. The van der Waals surface area contributed by atoms with E-state index in [4.69, 9.17) is 4.74 Å². The quantitative estimate of drug-likeness (QED) is 0.696. The topological polar surface area (TPSA) is 41.6 Å². The third kappa shape index (κ3) is 2.76. The number of nitrogens with one attached hydrogen (secondary N) is 1. The zero-order chi connectivity index (χ0) is 9.68. The number of para-hydroxylation sites is 1. The average molecular weight is 180 g/mol. The Hall–Kier alpha value is -1.55. The van der Waals surface area contributed by atoms with E-state index in [1.807, 2.05) is 18.2 Å². The second kappa shape index (κ2) is 4.47. The Morgan fingerprint density at radius 1 is 1.38 bits per heavy atom. The van der Waals surface area contributed by atoms with Crippen molar-refractivity contribution in [2.45, 2.75) is 0 Å². The molecule has 70 valence electrons. The van der Waals surface area contributed by atoms with Crippen molar-refractivity contribution < 1.29 is 9.53 Å². The molecule has 4 heteroatoms. The molecule has 0 atom stereocenters. The minimum Gasteiger partial charge on any atom is -0.409 e. The molecule has 13 heavy (non-hydrogen) atoms. The molecule has 1 rings (SSSR count). The van der Waals surface area contributed by atoms with Gasteiger partial charge in [0.25, 0.3) is 0 Å². The van der Waals surface area contributed by atoms with Crippen LogP contribution in [-0.4, -0.2) is 25.2 Å². The normalized spacial score (nSPS) is 9.38. The molecule has 0 heterocycles. The van der Waals surface area contributed by atoms with Crippen LogP contribution in [0.4, 0.5) is 4.79 Å². The maximum Gasteiger partial charge on any atom is 0.429 e. The van der Waals surface area contributed by atoms with Crippen LogP contribution in [0.1, 0.15) is 0 Å². The highest BCUT2D eigenvalue weighted by Gasteiger charge is 2.07. The van der Waals surface area contributed by atoms with Crippen LogP contribution >= 0.6 is 0 Å². The number of benzene rings is 1. The maximum atomic E-state index is 11.2. The third-order valence-electron chi connectivity index (χ3n) is 1.56. The Labute approximate surface area is 77.1 Å². The summed E-state index contributed by atoms with van der Waals surface area (Å²) in [6.07, 6.45) is -0.436. The van der Waals surface area contributed by atoms with E-state index in [9.17, 15) is 4.79 Å². The summed E-state index contributed by atoms with van der Waals surface area (Å²) in [5.41, 5.74) is 2.64. The molecule has 0 saturated heterocycles. The van der Waals surface area contributed by atoms with Crippen molar-refractivity contribution in [2.75, 3.05) is 14.1 Å². The number of carbonyl (C=O) groups is 1. The van der Waals surface area contributed by atoms with Crippen LogP contribution < -0.4 is 10.2 Å². The van der Waals surface area contributed by atoms with Gasteiger partial charge in [-0.05, 0) is 12.1 Å². The zero-order valence-corrected chi connectivity index (χ0v) is 7.65.